The summed E-state index contributed by atoms with van der Waals surface area (Å²) < 4.78 is 63.8. The number of aryl methyl sites for hydroxylation is 1. The summed E-state index contributed by atoms with van der Waals surface area (Å²) in [5.41, 5.74) is -4.71. The third-order valence-corrected chi connectivity index (χ3v) is 4.52. The first-order chi connectivity index (χ1) is 11.1. The Morgan fingerprint density at radius 1 is 1.21 bits per heavy atom. The molecular formula is C14H16F3NO5S. The van der Waals surface area contributed by atoms with Crippen LogP contribution in [0, 0.1) is 0 Å². The number of sulfone groups is 1. The Bertz CT molecular complexity index is 673. The highest BCUT2D eigenvalue weighted by Crippen LogP contribution is 2.24. The largest absolute Gasteiger partial charge is 0.497 e. The van der Waals surface area contributed by atoms with Crippen molar-refractivity contribution in [1.29, 1.82) is 0 Å². The molecule has 6 nitrogen and oxygen atoms in total. The van der Waals surface area contributed by atoms with Gasteiger partial charge in [-0.25, -0.2) is 13.2 Å². The Hall–Kier alpha value is -2.10. The second-order valence-electron chi connectivity index (χ2n) is 4.86. The Kier molecular flexibility index (Phi) is 6.76. The number of halogens is 3. The van der Waals surface area contributed by atoms with Crippen molar-refractivity contribution in [2.24, 2.45) is 0 Å². The van der Waals surface area contributed by atoms with E-state index in [4.69, 9.17) is 0 Å². The zero-order valence-corrected chi connectivity index (χ0v) is 13.5. The van der Waals surface area contributed by atoms with Crippen molar-refractivity contribution in [2.75, 3.05) is 12.9 Å². The van der Waals surface area contributed by atoms with E-state index in [0.717, 1.165) is 12.7 Å². The maximum atomic E-state index is 12.4. The molecule has 0 radical (unpaired) electrons. The second-order valence-corrected chi connectivity index (χ2v) is 6.88. The molecule has 0 heterocycles. The van der Waals surface area contributed by atoms with Crippen molar-refractivity contribution < 1.29 is 35.9 Å². The molecule has 1 aromatic carbocycles. The number of carbonyl (C=O) groups is 2. The Morgan fingerprint density at radius 2 is 1.79 bits per heavy atom. The molecule has 0 saturated carbocycles. The molecule has 0 aromatic heterocycles. The SMILES string of the molecule is COC(=O)[C@H](CS(=O)(=O)C(F)(F)F)NC(=O)CCc1ccccc1. The van der Waals surface area contributed by atoms with Gasteiger partial charge >= 0.3 is 11.5 Å². The van der Waals surface area contributed by atoms with Gasteiger partial charge in [-0.3, -0.25) is 4.79 Å². The maximum Gasteiger partial charge on any atom is 0.497 e. The highest BCUT2D eigenvalue weighted by atomic mass is 32.2. The normalized spacial score (nSPS) is 13.2. The monoisotopic (exact) mass is 367 g/mol. The lowest BCUT2D eigenvalue weighted by atomic mass is 10.1. The van der Waals surface area contributed by atoms with Gasteiger partial charge in [-0.2, -0.15) is 13.2 Å². The highest BCUT2D eigenvalue weighted by Gasteiger charge is 2.48. The summed E-state index contributed by atoms with van der Waals surface area (Å²) in [6.07, 6.45) is 0.163. The van der Waals surface area contributed by atoms with E-state index in [1.807, 2.05) is 5.32 Å². The topological polar surface area (TPSA) is 89.5 Å². The van der Waals surface area contributed by atoms with Crippen molar-refractivity contribution in [3.8, 4) is 0 Å². The summed E-state index contributed by atoms with van der Waals surface area (Å²) in [4.78, 5) is 23.2. The molecule has 1 rings (SSSR count). The fourth-order valence-electron chi connectivity index (χ4n) is 1.79. The zero-order valence-electron chi connectivity index (χ0n) is 12.7. The minimum absolute atomic E-state index is 0.121. The number of nitrogens with one attached hydrogen (secondary N) is 1. The molecule has 24 heavy (non-hydrogen) atoms. The van der Waals surface area contributed by atoms with Crippen LogP contribution in [0.5, 0.6) is 0 Å². The number of amides is 1. The molecule has 134 valence electrons. The van der Waals surface area contributed by atoms with Crippen molar-refractivity contribution >= 4 is 21.7 Å². The molecule has 1 amide bonds. The van der Waals surface area contributed by atoms with Gasteiger partial charge in [0.2, 0.25) is 15.7 Å². The van der Waals surface area contributed by atoms with Gasteiger partial charge in [0, 0.05) is 6.42 Å². The van der Waals surface area contributed by atoms with Gasteiger partial charge in [0.1, 0.15) is 6.04 Å². The molecule has 1 atom stereocenters. The minimum Gasteiger partial charge on any atom is -0.467 e. The Balaban J connectivity index is 2.72. The van der Waals surface area contributed by atoms with Crippen molar-refractivity contribution in [1.82, 2.24) is 5.32 Å². The third kappa shape index (κ3) is 5.84. The van der Waals surface area contributed by atoms with Gasteiger partial charge < -0.3 is 10.1 Å². The lowest BCUT2D eigenvalue weighted by molar-refractivity contribution is -0.144. The summed E-state index contributed by atoms with van der Waals surface area (Å²) in [5.74, 6) is -3.64. The predicted octanol–water partition coefficient (Wildman–Crippen LogP) is 1.21. The fourth-order valence-corrected chi connectivity index (χ4v) is 2.64. The van der Waals surface area contributed by atoms with Gasteiger partial charge in [-0.1, -0.05) is 30.3 Å². The smallest absolute Gasteiger partial charge is 0.467 e. The van der Waals surface area contributed by atoms with Crippen LogP contribution in [0.4, 0.5) is 13.2 Å². The summed E-state index contributed by atoms with van der Waals surface area (Å²) in [6.45, 7) is 0. The van der Waals surface area contributed by atoms with E-state index in [2.05, 4.69) is 4.74 Å². The van der Waals surface area contributed by atoms with Crippen LogP contribution in [0.1, 0.15) is 12.0 Å². The molecule has 0 fully saturated rings. The average molecular weight is 367 g/mol. The van der Waals surface area contributed by atoms with E-state index in [1.54, 1.807) is 30.3 Å². The molecule has 0 unspecified atom stereocenters. The number of hydrogen-bond acceptors (Lipinski definition) is 5. The molecule has 0 spiro atoms. The van der Waals surface area contributed by atoms with Crippen LogP contribution < -0.4 is 5.32 Å². The fraction of sp³-hybridized carbons (Fsp3) is 0.429. The van der Waals surface area contributed by atoms with Crippen molar-refractivity contribution in [3.63, 3.8) is 0 Å². The predicted molar refractivity (Wildman–Crippen MR) is 78.6 cm³/mol. The van der Waals surface area contributed by atoms with Gasteiger partial charge in [-0.05, 0) is 12.0 Å². The van der Waals surface area contributed by atoms with E-state index in [-0.39, 0.29) is 12.8 Å². The minimum atomic E-state index is -5.58. The average Bonchev–Trinajstić information content (AvgIpc) is 2.51. The van der Waals surface area contributed by atoms with Crippen LogP contribution in [0.25, 0.3) is 0 Å². The van der Waals surface area contributed by atoms with Crippen molar-refractivity contribution in [2.45, 2.75) is 24.4 Å². The van der Waals surface area contributed by atoms with Gasteiger partial charge in [0.15, 0.2) is 0 Å². The number of hydrogen-bond donors (Lipinski definition) is 1. The standard InChI is InChI=1S/C14H16F3NO5S/c1-23-13(20)11(9-24(21,22)14(15,16)17)18-12(19)8-7-10-5-3-2-4-6-10/h2-6,11H,7-9H2,1H3,(H,18,19)/t11-/m0/s1. The molecule has 10 heteroatoms. The first-order valence-electron chi connectivity index (χ1n) is 6.77. The van der Waals surface area contributed by atoms with E-state index in [1.165, 1.54) is 0 Å². The quantitative estimate of drug-likeness (QED) is 0.732. The van der Waals surface area contributed by atoms with Crippen LogP contribution in [0.2, 0.25) is 0 Å². The van der Waals surface area contributed by atoms with Crippen LogP contribution in [-0.4, -0.2) is 44.7 Å². The highest BCUT2D eigenvalue weighted by molar-refractivity contribution is 7.92. The molecule has 0 aliphatic carbocycles. The van der Waals surface area contributed by atoms with E-state index in [0.29, 0.717) is 0 Å². The lowest BCUT2D eigenvalue weighted by Gasteiger charge is -2.17. The maximum absolute atomic E-state index is 12.4. The summed E-state index contributed by atoms with van der Waals surface area (Å²) in [7, 11) is -4.70. The molecule has 0 bridgehead atoms. The molecule has 0 saturated heterocycles. The van der Waals surface area contributed by atoms with E-state index >= 15 is 0 Å². The van der Waals surface area contributed by atoms with Crippen LogP contribution in [0.3, 0.4) is 0 Å². The van der Waals surface area contributed by atoms with Crippen molar-refractivity contribution in [3.05, 3.63) is 35.9 Å². The van der Waals surface area contributed by atoms with Crippen LogP contribution in [0.15, 0.2) is 30.3 Å². The Morgan fingerprint density at radius 3 is 2.29 bits per heavy atom. The van der Waals surface area contributed by atoms with Crippen LogP contribution in [-0.2, 0) is 30.6 Å². The van der Waals surface area contributed by atoms with E-state index in [9.17, 15) is 31.2 Å². The zero-order chi connectivity index (χ0) is 18.4. The summed E-state index contributed by atoms with van der Waals surface area (Å²) in [5, 5.41) is 1.97. The summed E-state index contributed by atoms with van der Waals surface area (Å²) in [6, 6.07) is 6.85. The first kappa shape index (κ1) is 19.9. The van der Waals surface area contributed by atoms with Gasteiger partial charge in [-0.15, -0.1) is 0 Å². The van der Waals surface area contributed by atoms with E-state index < -0.39 is 39.0 Å². The van der Waals surface area contributed by atoms with Gasteiger partial charge in [0.25, 0.3) is 0 Å². The summed E-state index contributed by atoms with van der Waals surface area (Å²) >= 11 is 0. The molecule has 0 aliphatic rings. The second kappa shape index (κ2) is 8.13. The number of esters is 1. The number of rotatable bonds is 7. The van der Waals surface area contributed by atoms with Crippen LogP contribution >= 0.6 is 0 Å². The Labute approximate surface area is 136 Å². The molecule has 0 aliphatic heterocycles. The molecule has 1 N–H and O–H groups in total. The number of alkyl halides is 3. The molecule has 1 aromatic rings. The lowest BCUT2D eigenvalue weighted by Crippen LogP contribution is -2.48. The first-order valence-corrected chi connectivity index (χ1v) is 8.42. The van der Waals surface area contributed by atoms with Gasteiger partial charge in [0.05, 0.1) is 12.9 Å². The number of ether oxygens (including phenoxy) is 1. The number of methoxy groups -OCH3 is 1. The third-order valence-electron chi connectivity index (χ3n) is 3.04. The molecular weight excluding hydrogens is 351 g/mol. The number of carbonyl (C=O) groups excluding carboxylic acids is 2. The number of benzene rings is 1.